The average Bonchev–Trinajstić information content (AvgIpc) is 2.74. The second kappa shape index (κ2) is 7.71. The van der Waals surface area contributed by atoms with Crippen LogP contribution >= 0.6 is 0 Å². The monoisotopic (exact) mass is 351 g/mol. The Morgan fingerprint density at radius 3 is 1.89 bits per heavy atom. The molecule has 0 atom stereocenters. The summed E-state index contributed by atoms with van der Waals surface area (Å²) in [4.78, 5) is 0. The van der Waals surface area contributed by atoms with Gasteiger partial charge in [0.25, 0.3) is 0 Å². The van der Waals surface area contributed by atoms with Crippen LogP contribution in [0, 0.1) is 0 Å². The molecule has 27 heavy (non-hydrogen) atoms. The molecule has 0 radical (unpaired) electrons. The van der Waals surface area contributed by atoms with E-state index in [0.29, 0.717) is 0 Å². The van der Waals surface area contributed by atoms with Crippen molar-refractivity contribution in [3.05, 3.63) is 108 Å². The zero-order valence-electron chi connectivity index (χ0n) is 14.7. The molecule has 0 aliphatic heterocycles. The highest BCUT2D eigenvalue weighted by molar-refractivity contribution is 5.74. The molecule has 0 saturated carbocycles. The van der Waals surface area contributed by atoms with Gasteiger partial charge in [0.05, 0.1) is 17.7 Å². The van der Waals surface area contributed by atoms with Crippen LogP contribution in [0.3, 0.4) is 0 Å². The molecular formula is C25H19O2+. The number of hydrogen-bond donors (Lipinski definition) is 1. The van der Waals surface area contributed by atoms with Gasteiger partial charge in [0.15, 0.2) is 0 Å². The number of rotatable bonds is 4. The van der Waals surface area contributed by atoms with Gasteiger partial charge in [-0.1, -0.05) is 60.7 Å². The van der Waals surface area contributed by atoms with Crippen molar-refractivity contribution in [2.24, 2.45) is 0 Å². The van der Waals surface area contributed by atoms with Crippen molar-refractivity contribution in [1.82, 2.24) is 0 Å². The first-order chi connectivity index (χ1) is 13.3. The van der Waals surface area contributed by atoms with E-state index in [1.165, 1.54) is 0 Å². The topological polar surface area (TPSA) is 31.5 Å². The molecule has 1 aromatic heterocycles. The molecule has 1 heterocycles. The maximum atomic E-state index is 9.42. The Morgan fingerprint density at radius 1 is 0.593 bits per heavy atom. The Bertz CT molecular complexity index is 993. The normalized spacial score (nSPS) is 11.0. The summed E-state index contributed by atoms with van der Waals surface area (Å²) in [6, 6.07) is 31.6. The third kappa shape index (κ3) is 4.13. The first-order valence-corrected chi connectivity index (χ1v) is 8.84. The molecule has 0 amide bonds. The summed E-state index contributed by atoms with van der Waals surface area (Å²) in [5.41, 5.74) is 4.28. The molecule has 2 nitrogen and oxygen atoms in total. The predicted octanol–water partition coefficient (Wildman–Crippen LogP) is 6.77. The SMILES string of the molecule is Oc1ccc(C=Cc2cc(-c3ccccc3)cc(-c3ccccc3)[o+]2)cc1. The van der Waals surface area contributed by atoms with Crippen molar-refractivity contribution >= 4 is 12.2 Å². The standard InChI is InChI=1S/C25H18O2/c26-23-14-11-19(12-15-23)13-16-24-17-22(20-7-3-1-4-8-20)18-25(27-24)21-9-5-2-6-10-21/h1-18H/p+1. The van der Waals surface area contributed by atoms with Crippen molar-refractivity contribution < 1.29 is 9.52 Å². The van der Waals surface area contributed by atoms with Crippen LogP contribution in [0.15, 0.2) is 101 Å². The summed E-state index contributed by atoms with van der Waals surface area (Å²) in [5.74, 6) is 1.85. The van der Waals surface area contributed by atoms with Crippen LogP contribution in [0.25, 0.3) is 34.6 Å². The zero-order chi connectivity index (χ0) is 18.5. The summed E-state index contributed by atoms with van der Waals surface area (Å²) in [7, 11) is 0. The minimum absolute atomic E-state index is 0.259. The fraction of sp³-hybridized carbons (Fsp3) is 0. The summed E-state index contributed by atoms with van der Waals surface area (Å²) in [6.45, 7) is 0. The van der Waals surface area contributed by atoms with Crippen LogP contribution in [0.4, 0.5) is 0 Å². The van der Waals surface area contributed by atoms with Crippen LogP contribution in [0.2, 0.25) is 0 Å². The molecular weight excluding hydrogens is 332 g/mol. The van der Waals surface area contributed by atoms with E-state index < -0.39 is 0 Å². The third-order valence-electron chi connectivity index (χ3n) is 4.31. The van der Waals surface area contributed by atoms with Crippen molar-refractivity contribution in [2.75, 3.05) is 0 Å². The van der Waals surface area contributed by atoms with Gasteiger partial charge in [-0.05, 0) is 41.5 Å². The van der Waals surface area contributed by atoms with E-state index >= 15 is 0 Å². The number of phenolic OH excluding ortho intramolecular Hbond substituents is 1. The molecule has 0 aliphatic carbocycles. The van der Waals surface area contributed by atoms with Crippen molar-refractivity contribution in [2.45, 2.75) is 0 Å². The van der Waals surface area contributed by atoms with Gasteiger partial charge in [0, 0.05) is 11.6 Å². The molecule has 0 spiro atoms. The third-order valence-corrected chi connectivity index (χ3v) is 4.31. The molecule has 0 saturated heterocycles. The Balaban J connectivity index is 1.77. The number of benzene rings is 3. The van der Waals surface area contributed by atoms with E-state index in [-0.39, 0.29) is 5.75 Å². The molecule has 2 heteroatoms. The van der Waals surface area contributed by atoms with Gasteiger partial charge in [0.2, 0.25) is 0 Å². The van der Waals surface area contributed by atoms with Gasteiger partial charge in [-0.2, -0.15) is 0 Å². The molecule has 0 aliphatic rings. The van der Waals surface area contributed by atoms with Crippen LogP contribution in [-0.2, 0) is 0 Å². The van der Waals surface area contributed by atoms with Crippen LogP contribution in [-0.4, -0.2) is 5.11 Å². The predicted molar refractivity (Wildman–Crippen MR) is 111 cm³/mol. The zero-order valence-corrected chi connectivity index (χ0v) is 14.7. The smallest absolute Gasteiger partial charge is 0.361 e. The summed E-state index contributed by atoms with van der Waals surface area (Å²) >= 11 is 0. The first kappa shape index (κ1) is 16.8. The van der Waals surface area contributed by atoms with Gasteiger partial charge in [0.1, 0.15) is 5.75 Å². The van der Waals surface area contributed by atoms with E-state index in [2.05, 4.69) is 18.2 Å². The molecule has 4 aromatic rings. The fourth-order valence-electron chi connectivity index (χ4n) is 2.91. The van der Waals surface area contributed by atoms with E-state index in [0.717, 1.165) is 33.8 Å². The highest BCUT2D eigenvalue weighted by Gasteiger charge is 2.17. The van der Waals surface area contributed by atoms with Crippen LogP contribution in [0.5, 0.6) is 5.75 Å². The van der Waals surface area contributed by atoms with Crippen molar-refractivity contribution in [3.8, 4) is 28.2 Å². The van der Waals surface area contributed by atoms with Crippen molar-refractivity contribution in [1.29, 1.82) is 0 Å². The molecule has 4 rings (SSSR count). The quantitative estimate of drug-likeness (QED) is 0.411. The van der Waals surface area contributed by atoms with E-state index in [4.69, 9.17) is 4.42 Å². The summed E-state index contributed by atoms with van der Waals surface area (Å²) in [5, 5.41) is 9.42. The Hall–Kier alpha value is -3.65. The van der Waals surface area contributed by atoms with E-state index in [1.807, 2.05) is 78.9 Å². The Labute approximate surface area is 158 Å². The summed E-state index contributed by atoms with van der Waals surface area (Å²) < 4.78 is 6.13. The maximum absolute atomic E-state index is 9.42. The maximum Gasteiger partial charge on any atom is 0.361 e. The lowest BCUT2D eigenvalue weighted by Crippen LogP contribution is -1.84. The highest BCUT2D eigenvalue weighted by atomic mass is 16.3. The minimum Gasteiger partial charge on any atom is -0.508 e. The number of hydrogen-bond acceptors (Lipinski definition) is 1. The van der Waals surface area contributed by atoms with Crippen LogP contribution in [0.1, 0.15) is 11.3 Å². The lowest BCUT2D eigenvalue weighted by molar-refractivity contribution is 0.475. The minimum atomic E-state index is 0.259. The van der Waals surface area contributed by atoms with Gasteiger partial charge >= 0.3 is 11.5 Å². The molecule has 0 bridgehead atoms. The molecule has 0 unspecified atom stereocenters. The fourth-order valence-corrected chi connectivity index (χ4v) is 2.91. The number of phenols is 1. The average molecular weight is 351 g/mol. The summed E-state index contributed by atoms with van der Waals surface area (Å²) in [6.07, 6.45) is 3.92. The molecule has 3 aromatic carbocycles. The lowest BCUT2D eigenvalue weighted by atomic mass is 10.0. The first-order valence-electron chi connectivity index (χ1n) is 8.84. The number of aromatic hydroxyl groups is 1. The Morgan fingerprint density at radius 2 is 1.22 bits per heavy atom. The van der Waals surface area contributed by atoms with E-state index in [1.54, 1.807) is 12.1 Å². The van der Waals surface area contributed by atoms with Gasteiger partial charge in [-0.3, -0.25) is 0 Å². The van der Waals surface area contributed by atoms with Crippen molar-refractivity contribution in [3.63, 3.8) is 0 Å². The molecule has 0 fully saturated rings. The van der Waals surface area contributed by atoms with E-state index in [9.17, 15) is 5.11 Å². The largest absolute Gasteiger partial charge is 0.508 e. The van der Waals surface area contributed by atoms with Gasteiger partial charge < -0.3 is 5.11 Å². The van der Waals surface area contributed by atoms with Crippen LogP contribution < -0.4 is 0 Å². The Kier molecular flexibility index (Phi) is 4.80. The van der Waals surface area contributed by atoms with Gasteiger partial charge in [-0.25, -0.2) is 4.42 Å². The highest BCUT2D eigenvalue weighted by Crippen LogP contribution is 2.29. The second-order valence-corrected chi connectivity index (χ2v) is 6.27. The van der Waals surface area contributed by atoms with Gasteiger partial charge in [-0.15, -0.1) is 0 Å². The second-order valence-electron chi connectivity index (χ2n) is 6.27. The lowest BCUT2D eigenvalue weighted by Gasteiger charge is -2.00. The molecule has 1 N–H and O–H groups in total. The molecule has 130 valence electrons.